The minimum atomic E-state index is -0.0225. The summed E-state index contributed by atoms with van der Waals surface area (Å²) in [5, 5.41) is 5.45. The number of imidazole rings is 1. The molecule has 5 aromatic carbocycles. The summed E-state index contributed by atoms with van der Waals surface area (Å²) in [6.45, 7) is 1.72. The normalized spacial score (nSPS) is 11.1. The zero-order chi connectivity index (χ0) is 27.1. The molecule has 0 aliphatic heterocycles. The van der Waals surface area contributed by atoms with Crippen molar-refractivity contribution in [3.8, 4) is 16.9 Å². The maximum Gasteiger partial charge on any atom is 0.224 e. The number of para-hydroxylation sites is 2. The van der Waals surface area contributed by atoms with Gasteiger partial charge in [0.25, 0.3) is 0 Å². The monoisotopic (exact) mass is 525 g/mol. The molecule has 40 heavy (non-hydrogen) atoms. The van der Waals surface area contributed by atoms with Crippen LogP contribution in [0.15, 0.2) is 121 Å². The summed E-state index contributed by atoms with van der Waals surface area (Å²) >= 11 is 0. The van der Waals surface area contributed by atoms with Crippen LogP contribution in [0.4, 0.5) is 0 Å². The van der Waals surface area contributed by atoms with Crippen LogP contribution in [-0.4, -0.2) is 22.1 Å². The largest absolute Gasteiger partial charge is 0.494 e. The average molecular weight is 526 g/mol. The molecule has 1 aromatic heterocycles. The van der Waals surface area contributed by atoms with Crippen molar-refractivity contribution in [1.29, 1.82) is 0 Å². The predicted molar refractivity (Wildman–Crippen MR) is 161 cm³/mol. The molecule has 0 saturated carbocycles. The molecule has 0 aliphatic rings. The van der Waals surface area contributed by atoms with Gasteiger partial charge in [-0.15, -0.1) is 0 Å². The molecule has 0 bridgehead atoms. The molecule has 0 saturated heterocycles. The number of aryl methyl sites for hydroxylation is 1. The molecule has 0 unspecified atom stereocenters. The Hall–Kier alpha value is -4.90. The number of carbonyl (C=O) groups excluding carboxylic acids is 1. The first kappa shape index (κ1) is 25.4. The molecule has 1 heterocycles. The fourth-order valence-corrected chi connectivity index (χ4v) is 5.05. The third kappa shape index (κ3) is 5.89. The highest BCUT2D eigenvalue weighted by Gasteiger charge is 2.12. The Bertz CT molecular complexity index is 1740. The smallest absolute Gasteiger partial charge is 0.224 e. The van der Waals surface area contributed by atoms with Crippen molar-refractivity contribution in [1.82, 2.24) is 14.9 Å². The lowest BCUT2D eigenvalue weighted by molar-refractivity contribution is -0.120. The summed E-state index contributed by atoms with van der Waals surface area (Å²) in [4.78, 5) is 17.6. The van der Waals surface area contributed by atoms with Crippen LogP contribution < -0.4 is 10.1 Å². The number of carbonyl (C=O) groups is 1. The van der Waals surface area contributed by atoms with E-state index in [1.165, 1.54) is 16.3 Å². The zero-order valence-corrected chi connectivity index (χ0v) is 22.3. The first-order chi connectivity index (χ1) is 19.7. The highest BCUT2D eigenvalue weighted by Crippen LogP contribution is 2.22. The van der Waals surface area contributed by atoms with Crippen LogP contribution in [0.3, 0.4) is 0 Å². The summed E-state index contributed by atoms with van der Waals surface area (Å²) in [7, 11) is 0. The van der Waals surface area contributed by atoms with E-state index in [1.807, 2.05) is 66.7 Å². The van der Waals surface area contributed by atoms with E-state index >= 15 is 0 Å². The van der Waals surface area contributed by atoms with E-state index < -0.39 is 0 Å². The molecular formula is C35H31N3O2. The van der Waals surface area contributed by atoms with E-state index in [2.05, 4.69) is 64.5 Å². The quantitative estimate of drug-likeness (QED) is 0.193. The van der Waals surface area contributed by atoms with Gasteiger partial charge in [-0.2, -0.15) is 0 Å². The van der Waals surface area contributed by atoms with Gasteiger partial charge in [0.05, 0.1) is 30.6 Å². The summed E-state index contributed by atoms with van der Waals surface area (Å²) in [6.07, 6.45) is 1.15. The fraction of sp³-hybridized carbons (Fsp3) is 0.143. The zero-order valence-electron chi connectivity index (χ0n) is 22.3. The van der Waals surface area contributed by atoms with Gasteiger partial charge in [-0.25, -0.2) is 4.98 Å². The number of hydrogen-bond donors (Lipinski definition) is 1. The molecule has 1 N–H and O–H groups in total. The molecule has 1 amide bonds. The predicted octanol–water partition coefficient (Wildman–Crippen LogP) is 7.18. The molecule has 6 aromatic rings. The Morgan fingerprint density at radius 2 is 1.48 bits per heavy atom. The van der Waals surface area contributed by atoms with Crippen molar-refractivity contribution < 1.29 is 9.53 Å². The summed E-state index contributed by atoms with van der Waals surface area (Å²) < 4.78 is 8.25. The van der Waals surface area contributed by atoms with Crippen LogP contribution >= 0.6 is 0 Å². The lowest BCUT2D eigenvalue weighted by Crippen LogP contribution is -2.26. The molecule has 6 rings (SSSR count). The first-order valence-corrected chi connectivity index (χ1v) is 13.7. The minimum Gasteiger partial charge on any atom is -0.494 e. The number of amides is 1. The number of hydrogen-bond acceptors (Lipinski definition) is 3. The van der Waals surface area contributed by atoms with Gasteiger partial charge in [0.15, 0.2) is 0 Å². The minimum absolute atomic E-state index is 0.0225. The number of nitrogens with one attached hydrogen (secondary N) is 1. The first-order valence-electron chi connectivity index (χ1n) is 13.7. The Morgan fingerprint density at radius 3 is 2.33 bits per heavy atom. The van der Waals surface area contributed by atoms with E-state index in [9.17, 15) is 4.79 Å². The molecule has 0 atom stereocenters. The van der Waals surface area contributed by atoms with Gasteiger partial charge < -0.3 is 14.6 Å². The van der Waals surface area contributed by atoms with Crippen molar-refractivity contribution in [2.75, 3.05) is 6.61 Å². The SMILES string of the molecule is O=C(Cc1ccc(-c2ccccc2)cc1)NCc1nc2ccccc2n1CCCOc1ccc2ccccc2c1. The number of fused-ring (bicyclic) bond motifs is 2. The second-order valence-electron chi connectivity index (χ2n) is 9.90. The van der Waals surface area contributed by atoms with Gasteiger partial charge >= 0.3 is 0 Å². The van der Waals surface area contributed by atoms with E-state index in [0.717, 1.165) is 46.7 Å². The van der Waals surface area contributed by atoms with Crippen LogP contribution in [-0.2, 0) is 24.3 Å². The topological polar surface area (TPSA) is 56.2 Å². The number of ether oxygens (including phenoxy) is 1. The third-order valence-corrected chi connectivity index (χ3v) is 7.12. The van der Waals surface area contributed by atoms with E-state index in [1.54, 1.807) is 0 Å². The molecule has 5 nitrogen and oxygen atoms in total. The van der Waals surface area contributed by atoms with Gasteiger partial charge in [-0.3, -0.25) is 4.79 Å². The molecule has 0 aliphatic carbocycles. The Morgan fingerprint density at radius 1 is 0.750 bits per heavy atom. The van der Waals surface area contributed by atoms with Crippen LogP contribution in [0.25, 0.3) is 32.9 Å². The number of aromatic nitrogens is 2. The van der Waals surface area contributed by atoms with Gasteiger partial charge in [-0.05, 0) is 58.1 Å². The van der Waals surface area contributed by atoms with E-state index in [-0.39, 0.29) is 5.91 Å². The van der Waals surface area contributed by atoms with Crippen LogP contribution in [0, 0.1) is 0 Å². The van der Waals surface area contributed by atoms with Crippen molar-refractivity contribution in [2.24, 2.45) is 0 Å². The average Bonchev–Trinajstić information content (AvgIpc) is 3.36. The molecule has 0 fully saturated rings. The molecule has 5 heteroatoms. The summed E-state index contributed by atoms with van der Waals surface area (Å²) in [5.41, 5.74) is 5.28. The fourth-order valence-electron chi connectivity index (χ4n) is 5.05. The van der Waals surface area contributed by atoms with E-state index in [0.29, 0.717) is 19.6 Å². The number of rotatable bonds is 10. The van der Waals surface area contributed by atoms with Crippen molar-refractivity contribution in [3.63, 3.8) is 0 Å². The van der Waals surface area contributed by atoms with Gasteiger partial charge in [-0.1, -0.05) is 97.1 Å². The highest BCUT2D eigenvalue weighted by atomic mass is 16.5. The molecule has 0 spiro atoms. The summed E-state index contributed by atoms with van der Waals surface area (Å²) in [5.74, 6) is 1.70. The Labute approximate surface area is 234 Å². The van der Waals surface area contributed by atoms with Crippen molar-refractivity contribution in [3.05, 3.63) is 133 Å². The lowest BCUT2D eigenvalue weighted by atomic mass is 10.0. The summed E-state index contributed by atoms with van der Waals surface area (Å²) in [6, 6.07) is 41.0. The third-order valence-electron chi connectivity index (χ3n) is 7.12. The Balaban J connectivity index is 1.06. The second-order valence-corrected chi connectivity index (χ2v) is 9.90. The standard InChI is InChI=1S/C35H31N3O2/c39-35(23-26-15-17-29(18-16-26)27-9-2-1-3-10-27)36-25-34-37-32-13-6-7-14-33(32)38(34)21-8-22-40-31-20-19-28-11-4-5-12-30(28)24-31/h1-7,9-20,24H,8,21-23,25H2,(H,36,39). The maximum absolute atomic E-state index is 12.8. The van der Waals surface area contributed by atoms with Gasteiger partial charge in [0, 0.05) is 6.54 Å². The van der Waals surface area contributed by atoms with Gasteiger partial charge in [0.2, 0.25) is 5.91 Å². The van der Waals surface area contributed by atoms with Crippen molar-refractivity contribution in [2.45, 2.75) is 25.9 Å². The lowest BCUT2D eigenvalue weighted by Gasteiger charge is -2.12. The van der Waals surface area contributed by atoms with E-state index in [4.69, 9.17) is 9.72 Å². The van der Waals surface area contributed by atoms with Crippen LogP contribution in [0.2, 0.25) is 0 Å². The Kier molecular flexibility index (Phi) is 7.53. The van der Waals surface area contributed by atoms with Crippen molar-refractivity contribution >= 4 is 27.7 Å². The number of benzene rings is 5. The molecule has 0 radical (unpaired) electrons. The van der Waals surface area contributed by atoms with Crippen LogP contribution in [0.1, 0.15) is 17.8 Å². The van der Waals surface area contributed by atoms with Gasteiger partial charge in [0.1, 0.15) is 11.6 Å². The second kappa shape index (κ2) is 11.9. The molecule has 198 valence electrons. The highest BCUT2D eigenvalue weighted by molar-refractivity contribution is 5.83. The van der Waals surface area contributed by atoms with Crippen LogP contribution in [0.5, 0.6) is 5.75 Å². The maximum atomic E-state index is 12.8. The molecular weight excluding hydrogens is 494 g/mol. The number of nitrogens with zero attached hydrogens (tertiary/aromatic N) is 2.